The highest BCUT2D eigenvalue weighted by Crippen LogP contribution is 2.57. The highest BCUT2D eigenvalue weighted by atomic mass is 31.1. The quantitative estimate of drug-likeness (QED) is 0.443. The van der Waals surface area contributed by atoms with Gasteiger partial charge in [0.15, 0.2) is 0 Å². The lowest BCUT2D eigenvalue weighted by Crippen LogP contribution is -2.30. The zero-order valence-electron chi connectivity index (χ0n) is 7.12. The molecule has 1 aromatic carbocycles. The first-order chi connectivity index (χ1) is 5.29. The van der Waals surface area contributed by atoms with Crippen molar-refractivity contribution in [2.75, 3.05) is 0 Å². The van der Waals surface area contributed by atoms with E-state index in [1.807, 2.05) is 0 Å². The van der Waals surface area contributed by atoms with Gasteiger partial charge in [-0.3, -0.25) is 0 Å². The largest absolute Gasteiger partial charge is 0.213 e. The molecule has 1 aromatic rings. The Hall–Kier alpha value is -0.220. The average Bonchev–Trinajstić information content (AvgIpc) is 2.39. The minimum atomic E-state index is 0.222. The van der Waals surface area contributed by atoms with E-state index in [1.54, 1.807) is 5.30 Å². The van der Waals surface area contributed by atoms with Gasteiger partial charge in [0.2, 0.25) is 0 Å². The van der Waals surface area contributed by atoms with E-state index < -0.39 is 0 Å². The van der Waals surface area contributed by atoms with E-state index in [0.29, 0.717) is 0 Å². The third-order valence-electron chi connectivity index (χ3n) is 2.58. The Balaban J connectivity index is 2.17. The zero-order chi connectivity index (χ0) is 7.84. The van der Waals surface area contributed by atoms with Crippen LogP contribution in [0.5, 0.6) is 0 Å². The third kappa shape index (κ3) is 1.14. The lowest BCUT2D eigenvalue weighted by molar-refractivity contribution is 0.714. The van der Waals surface area contributed by atoms with Gasteiger partial charge in [0.05, 0.1) is 0 Å². The molecule has 0 aromatic heterocycles. The molecule has 0 saturated carbocycles. The molecular formula is C10H14P-. The molecule has 0 unspecified atom stereocenters. The van der Waals surface area contributed by atoms with E-state index in [0.717, 1.165) is 11.3 Å². The Morgan fingerprint density at radius 3 is 2.18 bits per heavy atom. The second kappa shape index (κ2) is 2.68. The Labute approximate surface area is 69.7 Å². The van der Waals surface area contributed by atoms with E-state index in [2.05, 4.69) is 38.1 Å². The van der Waals surface area contributed by atoms with Crippen molar-refractivity contribution in [1.82, 2.24) is 0 Å². The normalized spacial score (nSPS) is 31.8. The summed E-state index contributed by atoms with van der Waals surface area (Å²) in [4.78, 5) is 0. The predicted octanol–water partition coefficient (Wildman–Crippen LogP) is 2.69. The van der Waals surface area contributed by atoms with Crippen molar-refractivity contribution in [2.45, 2.75) is 31.6 Å². The fraction of sp³-hybridized carbons (Fsp3) is 0.500. The van der Waals surface area contributed by atoms with Crippen LogP contribution >= 0.6 is 7.92 Å². The highest BCUT2D eigenvalue weighted by molar-refractivity contribution is 7.68. The Kier molecular flexibility index (Phi) is 1.81. The zero-order valence-corrected chi connectivity index (χ0v) is 8.01. The Morgan fingerprint density at radius 1 is 1.18 bits per heavy atom. The molecule has 11 heavy (non-hydrogen) atoms. The molecule has 1 aliphatic heterocycles. The van der Waals surface area contributed by atoms with Crippen LogP contribution in [0.2, 0.25) is 0 Å². The summed E-state index contributed by atoms with van der Waals surface area (Å²) in [6, 6.07) is 8.90. The van der Waals surface area contributed by atoms with Gasteiger partial charge in [-0.2, -0.15) is 12.1 Å². The summed E-state index contributed by atoms with van der Waals surface area (Å²) in [7, 11) is 0.222. The molecule has 0 amide bonds. The molecule has 2 atom stereocenters. The highest BCUT2D eigenvalue weighted by Gasteiger charge is 2.31. The van der Waals surface area contributed by atoms with Crippen LogP contribution in [0, 0.1) is 0 Å². The summed E-state index contributed by atoms with van der Waals surface area (Å²) in [5.74, 6) is 0. The molecule has 2 rings (SSSR count). The van der Waals surface area contributed by atoms with Crippen LogP contribution in [0.25, 0.3) is 0 Å². The van der Waals surface area contributed by atoms with Gasteiger partial charge >= 0.3 is 0 Å². The van der Waals surface area contributed by atoms with Crippen molar-refractivity contribution in [1.29, 1.82) is 0 Å². The van der Waals surface area contributed by atoms with Gasteiger partial charge in [0.25, 0.3) is 0 Å². The van der Waals surface area contributed by atoms with Crippen LogP contribution < -0.4 is 5.30 Å². The molecule has 1 heteroatoms. The fourth-order valence-corrected chi connectivity index (χ4v) is 5.16. The minimum absolute atomic E-state index is 0.222. The summed E-state index contributed by atoms with van der Waals surface area (Å²) in [6.07, 6.45) is 1.44. The SMILES string of the molecule is C[C@@H]1C[C@@H](C)P1[c-]1cccc1. The molecular weight excluding hydrogens is 151 g/mol. The van der Waals surface area contributed by atoms with E-state index >= 15 is 0 Å². The summed E-state index contributed by atoms with van der Waals surface area (Å²) < 4.78 is 0. The second-order valence-corrected chi connectivity index (χ2v) is 6.58. The van der Waals surface area contributed by atoms with Gasteiger partial charge in [0, 0.05) is 0 Å². The smallest absolute Gasteiger partial charge is 0.0295 e. The first-order valence-electron chi connectivity index (χ1n) is 4.29. The Morgan fingerprint density at radius 2 is 1.73 bits per heavy atom. The van der Waals surface area contributed by atoms with Crippen LogP contribution in [0.3, 0.4) is 0 Å². The van der Waals surface area contributed by atoms with Crippen molar-refractivity contribution < 1.29 is 0 Å². The monoisotopic (exact) mass is 165 g/mol. The van der Waals surface area contributed by atoms with Crippen LogP contribution in [0.15, 0.2) is 24.3 Å². The average molecular weight is 165 g/mol. The van der Waals surface area contributed by atoms with Crippen molar-refractivity contribution in [3.63, 3.8) is 0 Å². The minimum Gasteiger partial charge on any atom is -0.213 e. The molecule has 0 N–H and O–H groups in total. The maximum absolute atomic E-state index is 2.39. The molecule has 0 nitrogen and oxygen atoms in total. The molecule has 60 valence electrons. The van der Waals surface area contributed by atoms with E-state index in [-0.39, 0.29) is 7.92 Å². The molecule has 0 radical (unpaired) electrons. The van der Waals surface area contributed by atoms with Crippen molar-refractivity contribution in [3.05, 3.63) is 24.3 Å². The van der Waals surface area contributed by atoms with Gasteiger partial charge in [0.1, 0.15) is 0 Å². The molecule has 1 saturated heterocycles. The maximum Gasteiger partial charge on any atom is -0.0295 e. The van der Waals surface area contributed by atoms with E-state index in [4.69, 9.17) is 0 Å². The molecule has 0 aliphatic carbocycles. The van der Waals surface area contributed by atoms with Gasteiger partial charge < -0.3 is 0 Å². The lowest BCUT2D eigenvalue weighted by atomic mass is 10.2. The molecule has 0 spiro atoms. The van der Waals surface area contributed by atoms with E-state index in [9.17, 15) is 0 Å². The second-order valence-electron chi connectivity index (χ2n) is 3.48. The molecule has 0 bridgehead atoms. The summed E-state index contributed by atoms with van der Waals surface area (Å²) in [5.41, 5.74) is 1.95. The number of hydrogen-bond acceptors (Lipinski definition) is 0. The first kappa shape index (κ1) is 7.43. The van der Waals surface area contributed by atoms with Crippen molar-refractivity contribution >= 4 is 13.2 Å². The molecule has 1 fully saturated rings. The van der Waals surface area contributed by atoms with Gasteiger partial charge in [-0.15, -0.1) is 13.2 Å². The van der Waals surface area contributed by atoms with Gasteiger partial charge in [-0.1, -0.05) is 13.8 Å². The standard InChI is InChI=1S/C10H14P/c1-8-7-9(2)11(8)10-5-3-4-6-10/h3-6,8-9H,7H2,1-2H3/q-1/t8-,9-/m1/s1. The van der Waals surface area contributed by atoms with Gasteiger partial charge in [-0.05, 0) is 17.7 Å². The van der Waals surface area contributed by atoms with Crippen molar-refractivity contribution in [2.24, 2.45) is 0 Å². The van der Waals surface area contributed by atoms with E-state index in [1.165, 1.54) is 6.42 Å². The van der Waals surface area contributed by atoms with Crippen LogP contribution in [-0.2, 0) is 0 Å². The topological polar surface area (TPSA) is 0 Å². The number of hydrogen-bond donors (Lipinski definition) is 0. The lowest BCUT2D eigenvalue weighted by Gasteiger charge is -2.44. The number of rotatable bonds is 1. The van der Waals surface area contributed by atoms with Crippen LogP contribution in [-0.4, -0.2) is 11.3 Å². The van der Waals surface area contributed by atoms with Crippen LogP contribution in [0.1, 0.15) is 20.3 Å². The summed E-state index contributed by atoms with van der Waals surface area (Å²) >= 11 is 0. The summed E-state index contributed by atoms with van der Waals surface area (Å²) in [5, 5.41) is 1.62. The fourth-order valence-electron chi connectivity index (χ4n) is 2.06. The van der Waals surface area contributed by atoms with Gasteiger partial charge in [-0.25, -0.2) is 12.1 Å². The third-order valence-corrected chi connectivity index (χ3v) is 5.79. The van der Waals surface area contributed by atoms with Crippen LogP contribution in [0.4, 0.5) is 0 Å². The first-order valence-corrected chi connectivity index (χ1v) is 5.77. The predicted molar refractivity (Wildman–Crippen MR) is 52.1 cm³/mol. The Bertz CT molecular complexity index is 217. The molecule has 1 aliphatic rings. The van der Waals surface area contributed by atoms with Crippen molar-refractivity contribution in [3.8, 4) is 0 Å². The molecule has 1 heterocycles. The summed E-state index contributed by atoms with van der Waals surface area (Å²) in [6.45, 7) is 4.78. The maximum atomic E-state index is 2.39.